The van der Waals surface area contributed by atoms with E-state index in [1.807, 2.05) is 78.9 Å². The van der Waals surface area contributed by atoms with Gasteiger partial charge in [-0.3, -0.25) is 14.5 Å². The Kier molecular flexibility index (Phi) is 13.8. The van der Waals surface area contributed by atoms with Crippen molar-refractivity contribution in [1.29, 1.82) is 5.26 Å². The zero-order chi connectivity index (χ0) is 38.1. The van der Waals surface area contributed by atoms with Crippen LogP contribution in [0.4, 0.5) is 0 Å². The molecular formula is C41H50N3O8P. The predicted molar refractivity (Wildman–Crippen MR) is 202 cm³/mol. The standard InChI is InChI=1S/C41H50N3O8P/c1-28(2)44(29(3)4)53(50-23-11-22-42)52-37-25-40(43-26-30(5)36(45)24-39(43)46)51-38(37)27-49-41(31-12-9-8-10-13-31,32-14-18-34(47-6)19-15-32)33-16-20-35(48-7)21-17-33/h8-10,12-21,26,28-29,37-38,40H,11,23-25,27H2,1-7H3/t37-,38+,40+,53?/m0/s1. The minimum atomic E-state index is -1.65. The highest BCUT2D eigenvalue weighted by Gasteiger charge is 2.47. The lowest BCUT2D eigenvalue weighted by Crippen LogP contribution is -2.41. The van der Waals surface area contributed by atoms with E-state index in [-0.39, 0.29) is 49.8 Å². The summed E-state index contributed by atoms with van der Waals surface area (Å²) in [5, 5.41) is 9.30. The number of carbonyl (C=O) groups excluding carboxylic acids is 2. The summed E-state index contributed by atoms with van der Waals surface area (Å²) >= 11 is 0. The molecule has 3 aromatic carbocycles. The van der Waals surface area contributed by atoms with Gasteiger partial charge in [-0.15, -0.1) is 0 Å². The second-order valence-electron chi connectivity index (χ2n) is 13.6. The number of carbonyl (C=O) groups is 2. The van der Waals surface area contributed by atoms with Crippen LogP contribution >= 0.6 is 8.53 Å². The summed E-state index contributed by atoms with van der Waals surface area (Å²) in [5.74, 6) is 0.874. The first-order valence-corrected chi connectivity index (χ1v) is 19.1. The summed E-state index contributed by atoms with van der Waals surface area (Å²) in [7, 11) is 1.61. The molecule has 0 saturated carbocycles. The molecule has 1 saturated heterocycles. The van der Waals surface area contributed by atoms with E-state index in [4.69, 9.17) is 28.0 Å². The third-order valence-electron chi connectivity index (χ3n) is 9.39. The van der Waals surface area contributed by atoms with Gasteiger partial charge in [-0.05, 0) is 75.6 Å². The Morgan fingerprint density at radius 3 is 2.00 bits per heavy atom. The van der Waals surface area contributed by atoms with Crippen molar-refractivity contribution in [1.82, 2.24) is 9.57 Å². The molecule has 0 bridgehead atoms. The highest BCUT2D eigenvalue weighted by molar-refractivity contribution is 7.44. The molecule has 1 amide bonds. The zero-order valence-electron chi connectivity index (χ0n) is 31.6. The molecule has 1 fully saturated rings. The smallest absolute Gasteiger partial charge is 0.259 e. The Morgan fingerprint density at radius 2 is 1.47 bits per heavy atom. The van der Waals surface area contributed by atoms with Crippen molar-refractivity contribution in [3.05, 3.63) is 107 Å². The summed E-state index contributed by atoms with van der Waals surface area (Å²) < 4.78 is 40.3. The number of ether oxygens (including phenoxy) is 4. The Labute approximate surface area is 314 Å². The topological polar surface area (TPSA) is 120 Å². The molecule has 0 radical (unpaired) electrons. The van der Waals surface area contributed by atoms with Crippen LogP contribution in [-0.4, -0.2) is 79.2 Å². The van der Waals surface area contributed by atoms with E-state index in [9.17, 15) is 14.9 Å². The van der Waals surface area contributed by atoms with Gasteiger partial charge in [-0.25, -0.2) is 4.67 Å². The van der Waals surface area contributed by atoms with E-state index in [1.54, 1.807) is 27.3 Å². The number of rotatable bonds is 17. The van der Waals surface area contributed by atoms with Crippen molar-refractivity contribution >= 4 is 20.2 Å². The molecule has 53 heavy (non-hydrogen) atoms. The zero-order valence-corrected chi connectivity index (χ0v) is 32.5. The molecule has 2 aliphatic rings. The van der Waals surface area contributed by atoms with E-state index in [2.05, 4.69) is 38.4 Å². The SMILES string of the molecule is COc1ccc(C(OC[C@H]2O[C@@H](N3C=C(C)C(=O)CC3=O)C[C@@H]2OP(OCCC#N)N(C(C)C)C(C)C)(c2ccccc2)c2ccc(OC)cc2)cc1. The quantitative estimate of drug-likeness (QED) is 0.0595. The van der Waals surface area contributed by atoms with Gasteiger partial charge in [0.1, 0.15) is 29.4 Å². The number of methoxy groups -OCH3 is 2. The Balaban J connectivity index is 1.58. The lowest BCUT2D eigenvalue weighted by molar-refractivity contribution is -0.147. The second kappa shape index (κ2) is 18.3. The fourth-order valence-corrected chi connectivity index (χ4v) is 8.55. The van der Waals surface area contributed by atoms with E-state index in [0.29, 0.717) is 23.5 Å². The van der Waals surface area contributed by atoms with Crippen molar-refractivity contribution in [2.75, 3.05) is 27.4 Å². The molecule has 2 aliphatic heterocycles. The first-order chi connectivity index (χ1) is 25.5. The number of hydrogen-bond acceptors (Lipinski definition) is 10. The highest BCUT2D eigenvalue weighted by Crippen LogP contribution is 2.50. The molecule has 4 atom stereocenters. The van der Waals surface area contributed by atoms with Crippen molar-refractivity contribution in [3.8, 4) is 17.6 Å². The van der Waals surface area contributed by atoms with Gasteiger partial charge < -0.3 is 28.0 Å². The van der Waals surface area contributed by atoms with Crippen LogP contribution in [0.3, 0.4) is 0 Å². The van der Waals surface area contributed by atoms with Crippen molar-refractivity contribution in [3.63, 3.8) is 0 Å². The summed E-state index contributed by atoms with van der Waals surface area (Å²) in [6.07, 6.45) is -0.0723. The molecule has 12 heteroatoms. The molecular weight excluding hydrogens is 693 g/mol. The monoisotopic (exact) mass is 743 g/mol. The van der Waals surface area contributed by atoms with Gasteiger partial charge >= 0.3 is 0 Å². The van der Waals surface area contributed by atoms with Crippen LogP contribution in [0.25, 0.3) is 0 Å². The lowest BCUT2D eigenvalue weighted by atomic mass is 9.80. The predicted octanol–water partition coefficient (Wildman–Crippen LogP) is 7.49. The van der Waals surface area contributed by atoms with Gasteiger partial charge in [0, 0.05) is 30.3 Å². The van der Waals surface area contributed by atoms with Gasteiger partial charge in [0.2, 0.25) is 5.91 Å². The average Bonchev–Trinajstić information content (AvgIpc) is 3.56. The van der Waals surface area contributed by atoms with Crippen LogP contribution in [0.5, 0.6) is 11.5 Å². The van der Waals surface area contributed by atoms with Crippen LogP contribution in [-0.2, 0) is 33.7 Å². The fraction of sp³-hybridized carbons (Fsp3) is 0.439. The number of nitrogens with zero attached hydrogens (tertiary/aromatic N) is 3. The largest absolute Gasteiger partial charge is 0.497 e. The molecule has 0 N–H and O–H groups in total. The number of hydrogen-bond donors (Lipinski definition) is 0. The third-order valence-corrected chi connectivity index (χ3v) is 11.5. The molecule has 282 valence electrons. The van der Waals surface area contributed by atoms with Crippen LogP contribution in [0, 0.1) is 11.3 Å². The number of allylic oxidation sites excluding steroid dienone is 1. The van der Waals surface area contributed by atoms with Gasteiger partial charge in [-0.2, -0.15) is 5.26 Å². The van der Waals surface area contributed by atoms with Gasteiger partial charge in [0.15, 0.2) is 5.78 Å². The summed E-state index contributed by atoms with van der Waals surface area (Å²) in [6.45, 7) is 10.3. The molecule has 3 aromatic rings. The summed E-state index contributed by atoms with van der Waals surface area (Å²) in [6, 6.07) is 27.9. The van der Waals surface area contributed by atoms with E-state index in [1.165, 1.54) is 4.90 Å². The van der Waals surface area contributed by atoms with E-state index in [0.717, 1.165) is 16.7 Å². The molecule has 0 aromatic heterocycles. The summed E-state index contributed by atoms with van der Waals surface area (Å²) in [5.41, 5.74) is 1.97. The number of amides is 1. The first-order valence-electron chi connectivity index (χ1n) is 17.9. The summed E-state index contributed by atoms with van der Waals surface area (Å²) in [4.78, 5) is 27.2. The van der Waals surface area contributed by atoms with Crippen LogP contribution < -0.4 is 9.47 Å². The number of nitriles is 1. The minimum absolute atomic E-state index is 0.0580. The minimum Gasteiger partial charge on any atom is -0.497 e. The molecule has 5 rings (SSSR count). The van der Waals surface area contributed by atoms with E-state index >= 15 is 0 Å². The maximum atomic E-state index is 13.2. The Hall–Kier alpha value is -4.14. The van der Waals surface area contributed by atoms with Crippen LogP contribution in [0.2, 0.25) is 0 Å². The molecule has 0 aliphatic carbocycles. The molecule has 1 unspecified atom stereocenters. The number of Topliss-reactive ketones (excluding diaryl/α,β-unsaturated/α-hetero) is 1. The highest BCUT2D eigenvalue weighted by atomic mass is 31.2. The van der Waals surface area contributed by atoms with Crippen molar-refractivity contribution in [2.24, 2.45) is 0 Å². The lowest BCUT2D eigenvalue weighted by Gasteiger charge is -2.39. The fourth-order valence-electron chi connectivity index (χ4n) is 6.79. The maximum Gasteiger partial charge on any atom is 0.259 e. The Morgan fingerprint density at radius 1 is 0.906 bits per heavy atom. The number of benzene rings is 3. The molecule has 2 heterocycles. The average molecular weight is 744 g/mol. The van der Waals surface area contributed by atoms with Crippen LogP contribution in [0.1, 0.15) is 70.6 Å². The van der Waals surface area contributed by atoms with Crippen LogP contribution in [0.15, 0.2) is 90.6 Å². The Bertz CT molecular complexity index is 1690. The number of ketones is 1. The van der Waals surface area contributed by atoms with Crippen molar-refractivity contribution in [2.45, 2.75) is 90.0 Å². The van der Waals surface area contributed by atoms with Gasteiger partial charge in [0.25, 0.3) is 8.53 Å². The maximum absolute atomic E-state index is 13.2. The first kappa shape index (κ1) is 40.1. The normalized spacial score (nSPS) is 19.8. The van der Waals surface area contributed by atoms with Crippen molar-refractivity contribution < 1.29 is 37.6 Å². The van der Waals surface area contributed by atoms with Gasteiger partial charge in [0.05, 0.1) is 52.4 Å². The van der Waals surface area contributed by atoms with E-state index < -0.39 is 32.6 Å². The second-order valence-corrected chi connectivity index (χ2v) is 15.0. The third kappa shape index (κ3) is 9.15. The molecule has 0 spiro atoms. The van der Waals surface area contributed by atoms with Gasteiger partial charge in [-0.1, -0.05) is 54.6 Å². The molecule has 11 nitrogen and oxygen atoms in total.